The van der Waals surface area contributed by atoms with Crippen LogP contribution >= 0.6 is 0 Å². The van der Waals surface area contributed by atoms with Crippen LogP contribution in [0.5, 0.6) is 0 Å². The summed E-state index contributed by atoms with van der Waals surface area (Å²) in [5.41, 5.74) is 0.635. The molecule has 0 fully saturated rings. The van der Waals surface area contributed by atoms with Crippen LogP contribution in [0, 0.1) is 5.82 Å². The van der Waals surface area contributed by atoms with E-state index in [9.17, 15) is 4.39 Å². The molecule has 0 unspecified atom stereocenters. The van der Waals surface area contributed by atoms with Crippen molar-refractivity contribution in [3.8, 4) is 0 Å². The first-order valence-corrected chi connectivity index (χ1v) is 4.34. The van der Waals surface area contributed by atoms with Gasteiger partial charge >= 0.3 is 0 Å². The molecule has 3 heteroatoms. The molecule has 1 rings (SSSR count). The van der Waals surface area contributed by atoms with Crippen molar-refractivity contribution < 1.29 is 9.50 Å². The second-order valence-corrected chi connectivity index (χ2v) is 2.92. The highest BCUT2D eigenvalue weighted by Gasteiger charge is 2.07. The molecule has 0 aromatic heterocycles. The zero-order chi connectivity index (χ0) is 9.68. The van der Waals surface area contributed by atoms with Gasteiger partial charge in [-0.15, -0.1) is 0 Å². The van der Waals surface area contributed by atoms with E-state index in [1.165, 1.54) is 6.07 Å². The zero-order valence-corrected chi connectivity index (χ0v) is 7.63. The van der Waals surface area contributed by atoms with Crippen LogP contribution in [0.25, 0.3) is 0 Å². The van der Waals surface area contributed by atoms with E-state index in [-0.39, 0.29) is 18.5 Å². The first kappa shape index (κ1) is 10.2. The fourth-order valence-electron chi connectivity index (χ4n) is 1.22. The Morgan fingerprint density at radius 3 is 2.77 bits per heavy atom. The lowest BCUT2D eigenvalue weighted by Gasteiger charge is -2.13. The summed E-state index contributed by atoms with van der Waals surface area (Å²) in [5, 5.41) is 11.6. The van der Waals surface area contributed by atoms with Gasteiger partial charge in [0.05, 0.1) is 6.61 Å². The Kier molecular flexibility index (Phi) is 3.86. The minimum absolute atomic E-state index is 0.0617. The number of aliphatic hydroxyl groups excluding tert-OH is 1. The minimum Gasteiger partial charge on any atom is -0.395 e. The van der Waals surface area contributed by atoms with Gasteiger partial charge in [0.15, 0.2) is 0 Å². The molecule has 0 heterocycles. The van der Waals surface area contributed by atoms with E-state index < -0.39 is 0 Å². The molecule has 1 aromatic rings. The van der Waals surface area contributed by atoms with E-state index in [0.29, 0.717) is 12.1 Å². The van der Waals surface area contributed by atoms with Gasteiger partial charge in [0.2, 0.25) is 0 Å². The first-order valence-electron chi connectivity index (χ1n) is 4.34. The first-order chi connectivity index (χ1) is 6.25. The Balaban J connectivity index is 2.65. The van der Waals surface area contributed by atoms with Crippen LogP contribution in [0.15, 0.2) is 24.3 Å². The van der Waals surface area contributed by atoms with Gasteiger partial charge in [0, 0.05) is 18.2 Å². The molecule has 0 spiro atoms. The predicted octanol–water partition coefficient (Wildman–Crippen LogP) is 1.47. The summed E-state index contributed by atoms with van der Waals surface area (Å²) >= 11 is 0. The second kappa shape index (κ2) is 4.94. The quantitative estimate of drug-likeness (QED) is 0.740. The van der Waals surface area contributed by atoms with Crippen LogP contribution in [-0.4, -0.2) is 18.3 Å². The Hall–Kier alpha value is -0.930. The van der Waals surface area contributed by atoms with Gasteiger partial charge in [-0.25, -0.2) is 4.39 Å². The second-order valence-electron chi connectivity index (χ2n) is 2.92. The number of hydrogen-bond donors (Lipinski definition) is 2. The highest BCUT2D eigenvalue weighted by molar-refractivity contribution is 5.20. The van der Waals surface area contributed by atoms with Gasteiger partial charge in [-0.2, -0.15) is 0 Å². The lowest BCUT2D eigenvalue weighted by atomic mass is 10.1. The lowest BCUT2D eigenvalue weighted by molar-refractivity contribution is 0.285. The van der Waals surface area contributed by atoms with E-state index in [0.717, 1.165) is 0 Å². The monoisotopic (exact) mass is 183 g/mol. The summed E-state index contributed by atoms with van der Waals surface area (Å²) in [5.74, 6) is -0.208. The largest absolute Gasteiger partial charge is 0.395 e. The number of benzene rings is 1. The van der Waals surface area contributed by atoms with Crippen molar-refractivity contribution in [1.82, 2.24) is 5.32 Å². The molecule has 0 bridgehead atoms. The molecule has 1 aromatic carbocycles. The third kappa shape index (κ3) is 2.79. The molecular weight excluding hydrogens is 169 g/mol. The number of halogens is 1. The van der Waals surface area contributed by atoms with Gasteiger partial charge < -0.3 is 10.4 Å². The molecule has 1 atom stereocenters. The summed E-state index contributed by atoms with van der Waals surface area (Å²) in [4.78, 5) is 0. The van der Waals surface area contributed by atoms with Crippen LogP contribution in [-0.2, 0) is 0 Å². The van der Waals surface area contributed by atoms with Crippen molar-refractivity contribution in [2.45, 2.75) is 13.0 Å². The van der Waals surface area contributed by atoms with Crippen molar-refractivity contribution in [1.29, 1.82) is 0 Å². The van der Waals surface area contributed by atoms with Gasteiger partial charge in [-0.3, -0.25) is 0 Å². The van der Waals surface area contributed by atoms with Crippen molar-refractivity contribution in [3.05, 3.63) is 35.6 Å². The predicted molar refractivity (Wildman–Crippen MR) is 49.9 cm³/mol. The summed E-state index contributed by atoms with van der Waals surface area (Å²) in [6, 6.07) is 6.58. The van der Waals surface area contributed by atoms with E-state index in [2.05, 4.69) is 5.32 Å². The van der Waals surface area contributed by atoms with Crippen molar-refractivity contribution in [2.24, 2.45) is 0 Å². The minimum atomic E-state index is -0.208. The topological polar surface area (TPSA) is 32.3 Å². The van der Waals surface area contributed by atoms with Crippen LogP contribution < -0.4 is 5.32 Å². The van der Waals surface area contributed by atoms with Crippen molar-refractivity contribution in [3.63, 3.8) is 0 Å². The molecule has 0 aliphatic carbocycles. The summed E-state index contributed by atoms with van der Waals surface area (Å²) < 4.78 is 13.2. The van der Waals surface area contributed by atoms with Crippen LogP contribution in [0.2, 0.25) is 0 Å². The molecule has 0 aliphatic rings. The van der Waals surface area contributed by atoms with E-state index >= 15 is 0 Å². The number of nitrogens with one attached hydrogen (secondary N) is 1. The zero-order valence-electron chi connectivity index (χ0n) is 7.63. The number of hydrogen-bond acceptors (Lipinski definition) is 2. The average molecular weight is 183 g/mol. The van der Waals surface area contributed by atoms with E-state index in [1.807, 2.05) is 6.92 Å². The SMILES string of the molecule is C[C@@H](NCCO)c1ccccc1F. The smallest absolute Gasteiger partial charge is 0.127 e. The molecule has 0 radical (unpaired) electrons. The molecule has 13 heavy (non-hydrogen) atoms. The van der Waals surface area contributed by atoms with Gasteiger partial charge in [0.1, 0.15) is 5.82 Å². The maximum atomic E-state index is 13.2. The maximum Gasteiger partial charge on any atom is 0.127 e. The summed E-state index contributed by atoms with van der Waals surface area (Å²) in [7, 11) is 0. The molecular formula is C10H14FNO. The van der Waals surface area contributed by atoms with Crippen LogP contribution in [0.4, 0.5) is 4.39 Å². The highest BCUT2D eigenvalue weighted by Crippen LogP contribution is 2.15. The Morgan fingerprint density at radius 2 is 2.15 bits per heavy atom. The fraction of sp³-hybridized carbons (Fsp3) is 0.400. The summed E-state index contributed by atoms with van der Waals surface area (Å²) in [6.07, 6.45) is 0. The number of aliphatic hydroxyl groups is 1. The standard InChI is InChI=1S/C10H14FNO/c1-8(12-6-7-13)9-4-2-3-5-10(9)11/h2-5,8,12-13H,6-7H2,1H3/t8-/m1/s1. The van der Waals surface area contributed by atoms with Gasteiger partial charge in [-0.05, 0) is 13.0 Å². The molecule has 0 amide bonds. The normalized spacial score (nSPS) is 12.8. The van der Waals surface area contributed by atoms with Crippen molar-refractivity contribution in [2.75, 3.05) is 13.2 Å². The Labute approximate surface area is 77.4 Å². The molecule has 72 valence electrons. The van der Waals surface area contributed by atoms with Crippen molar-refractivity contribution >= 4 is 0 Å². The fourth-order valence-corrected chi connectivity index (χ4v) is 1.22. The van der Waals surface area contributed by atoms with E-state index in [1.54, 1.807) is 18.2 Å². The highest BCUT2D eigenvalue weighted by atomic mass is 19.1. The van der Waals surface area contributed by atoms with E-state index in [4.69, 9.17) is 5.11 Å². The van der Waals surface area contributed by atoms with Gasteiger partial charge in [-0.1, -0.05) is 18.2 Å². The van der Waals surface area contributed by atoms with Crippen LogP contribution in [0.1, 0.15) is 18.5 Å². The lowest BCUT2D eigenvalue weighted by Crippen LogP contribution is -2.22. The average Bonchev–Trinajstić information content (AvgIpc) is 2.15. The Morgan fingerprint density at radius 1 is 1.46 bits per heavy atom. The maximum absolute atomic E-state index is 13.2. The molecule has 0 aliphatic heterocycles. The van der Waals surface area contributed by atoms with Gasteiger partial charge in [0.25, 0.3) is 0 Å². The third-order valence-electron chi connectivity index (χ3n) is 1.93. The molecule has 2 N–H and O–H groups in total. The number of rotatable bonds is 4. The third-order valence-corrected chi connectivity index (χ3v) is 1.93. The molecule has 0 saturated heterocycles. The Bertz CT molecular complexity index is 265. The van der Waals surface area contributed by atoms with Crippen LogP contribution in [0.3, 0.4) is 0 Å². The molecule has 2 nitrogen and oxygen atoms in total. The molecule has 0 saturated carbocycles. The summed E-state index contributed by atoms with van der Waals surface area (Å²) in [6.45, 7) is 2.42.